The molecule has 0 unspecified atom stereocenters. The second kappa shape index (κ2) is 8.30. The van der Waals surface area contributed by atoms with Gasteiger partial charge < -0.3 is 10.1 Å². The predicted octanol–water partition coefficient (Wildman–Crippen LogP) is 6.20. The van der Waals surface area contributed by atoms with E-state index in [1.165, 1.54) is 6.08 Å². The number of carbonyl (C=O) groups is 1. The number of hydrogen-bond donors (Lipinski definition) is 1. The van der Waals surface area contributed by atoms with Crippen LogP contribution in [0.3, 0.4) is 0 Å². The maximum atomic E-state index is 13.9. The van der Waals surface area contributed by atoms with Crippen molar-refractivity contribution in [2.45, 2.75) is 37.8 Å². The van der Waals surface area contributed by atoms with Crippen LogP contribution < -0.4 is 10.9 Å². The highest BCUT2D eigenvalue weighted by atomic mass is 16.5. The van der Waals surface area contributed by atoms with Gasteiger partial charge in [-0.2, -0.15) is 0 Å². The largest absolute Gasteiger partial charge is 0.459 e. The Morgan fingerprint density at radius 2 is 1.68 bits per heavy atom. The van der Waals surface area contributed by atoms with E-state index in [4.69, 9.17) is 9.72 Å². The van der Waals surface area contributed by atoms with Crippen molar-refractivity contribution in [1.29, 1.82) is 0 Å². The fourth-order valence-corrected chi connectivity index (χ4v) is 6.02. The molecule has 0 aliphatic heterocycles. The van der Waals surface area contributed by atoms with Crippen LogP contribution in [0.1, 0.15) is 25.7 Å². The smallest absolute Gasteiger partial charge is 0.330 e. The molecule has 0 spiro atoms. The fraction of sp³-hybridized carbons (Fsp3) is 0.194. The van der Waals surface area contributed by atoms with Crippen LogP contribution in [0, 0.1) is 0 Å². The summed E-state index contributed by atoms with van der Waals surface area (Å²) in [5, 5.41) is 9.39. The van der Waals surface area contributed by atoms with E-state index >= 15 is 0 Å². The molecule has 0 atom stereocenters. The van der Waals surface area contributed by atoms with Crippen molar-refractivity contribution >= 4 is 60.7 Å². The number of nitrogens with zero attached hydrogens (tertiary/aromatic N) is 2. The Morgan fingerprint density at radius 3 is 2.49 bits per heavy atom. The van der Waals surface area contributed by atoms with Gasteiger partial charge in [-0.25, -0.2) is 9.78 Å². The second-order valence-electron chi connectivity index (χ2n) is 9.88. The van der Waals surface area contributed by atoms with Crippen molar-refractivity contribution in [3.63, 3.8) is 0 Å². The monoisotopic (exact) mass is 487 g/mol. The maximum absolute atomic E-state index is 13.9. The number of hydrogen-bond acceptors (Lipinski definition) is 5. The van der Waals surface area contributed by atoms with E-state index in [0.717, 1.165) is 69.3 Å². The molecule has 7 rings (SSSR count). The van der Waals surface area contributed by atoms with E-state index < -0.39 is 0 Å². The zero-order valence-electron chi connectivity index (χ0n) is 20.2. The van der Waals surface area contributed by atoms with Crippen molar-refractivity contribution in [1.82, 2.24) is 9.38 Å². The average Bonchev–Trinajstić information content (AvgIpc) is 2.93. The maximum Gasteiger partial charge on any atom is 0.330 e. The number of benzene rings is 4. The molecule has 1 saturated carbocycles. The number of nitrogens with one attached hydrogen (secondary N) is 1. The van der Waals surface area contributed by atoms with Crippen LogP contribution in [0.4, 0.5) is 5.69 Å². The van der Waals surface area contributed by atoms with Gasteiger partial charge in [-0.15, -0.1) is 0 Å². The molecule has 2 heterocycles. The van der Waals surface area contributed by atoms with Crippen molar-refractivity contribution in [3.8, 4) is 0 Å². The van der Waals surface area contributed by atoms with Gasteiger partial charge in [-0.1, -0.05) is 43.0 Å². The first-order chi connectivity index (χ1) is 18.1. The van der Waals surface area contributed by atoms with E-state index in [0.29, 0.717) is 11.0 Å². The lowest BCUT2D eigenvalue weighted by atomic mass is 9.92. The molecule has 6 aromatic rings. The van der Waals surface area contributed by atoms with Gasteiger partial charge in [0.15, 0.2) is 0 Å². The van der Waals surface area contributed by atoms with Gasteiger partial charge in [0.05, 0.1) is 11.0 Å². The summed E-state index contributed by atoms with van der Waals surface area (Å²) in [7, 11) is 0. The average molecular weight is 488 g/mol. The second-order valence-corrected chi connectivity index (χ2v) is 9.88. The minimum absolute atomic E-state index is 0.0551. The number of rotatable bonds is 4. The van der Waals surface area contributed by atoms with Crippen LogP contribution >= 0.6 is 0 Å². The van der Waals surface area contributed by atoms with Crippen LogP contribution in [0.5, 0.6) is 0 Å². The quantitative estimate of drug-likeness (QED) is 0.139. The summed E-state index contributed by atoms with van der Waals surface area (Å²) >= 11 is 0. The van der Waals surface area contributed by atoms with Gasteiger partial charge >= 0.3 is 5.97 Å². The van der Waals surface area contributed by atoms with Crippen LogP contribution in [0.2, 0.25) is 0 Å². The molecule has 0 amide bonds. The van der Waals surface area contributed by atoms with Gasteiger partial charge in [0.1, 0.15) is 11.8 Å². The van der Waals surface area contributed by atoms with E-state index in [1.807, 2.05) is 36.4 Å². The number of pyridine rings is 1. The van der Waals surface area contributed by atoms with Crippen LogP contribution in [0.25, 0.3) is 49.0 Å². The van der Waals surface area contributed by atoms with Crippen LogP contribution in [-0.2, 0) is 9.53 Å². The van der Waals surface area contributed by atoms with E-state index in [9.17, 15) is 9.59 Å². The Bertz CT molecular complexity index is 1910. The summed E-state index contributed by atoms with van der Waals surface area (Å²) in [6.45, 7) is 3.48. The fourth-order valence-electron chi connectivity index (χ4n) is 6.02. The third kappa shape index (κ3) is 3.36. The van der Waals surface area contributed by atoms with E-state index in [1.54, 1.807) is 4.40 Å². The third-order valence-electron chi connectivity index (χ3n) is 7.74. The Kier molecular flexibility index (Phi) is 4.89. The summed E-state index contributed by atoms with van der Waals surface area (Å²) in [6.07, 6.45) is 4.59. The number of aromatic nitrogens is 2. The van der Waals surface area contributed by atoms with Gasteiger partial charge in [0.25, 0.3) is 5.56 Å². The lowest BCUT2D eigenvalue weighted by Crippen LogP contribution is -2.30. The molecule has 4 aromatic carbocycles. The van der Waals surface area contributed by atoms with Gasteiger partial charge in [0, 0.05) is 44.7 Å². The third-order valence-corrected chi connectivity index (χ3v) is 7.74. The predicted molar refractivity (Wildman–Crippen MR) is 149 cm³/mol. The number of ether oxygens (including phenoxy) is 1. The van der Waals surface area contributed by atoms with Crippen molar-refractivity contribution in [2.75, 3.05) is 5.32 Å². The molecule has 0 bridgehead atoms. The minimum Gasteiger partial charge on any atom is -0.459 e. The molecule has 1 fully saturated rings. The molecule has 37 heavy (non-hydrogen) atoms. The lowest BCUT2D eigenvalue weighted by Gasteiger charge is -2.29. The molecule has 182 valence electrons. The number of esters is 1. The molecular weight excluding hydrogens is 462 g/mol. The molecule has 1 N–H and O–H groups in total. The minimum atomic E-state index is -0.358. The number of carbonyl (C=O) groups excluding carboxylic acids is 1. The van der Waals surface area contributed by atoms with Gasteiger partial charge in [-0.3, -0.25) is 9.20 Å². The summed E-state index contributed by atoms with van der Waals surface area (Å²) in [5.74, 6) is -0.358. The molecule has 1 aliphatic rings. The lowest BCUT2D eigenvalue weighted by molar-refractivity contribution is -0.144. The molecule has 6 nitrogen and oxygen atoms in total. The SMILES string of the molecule is C=CC(=O)OC1CCC(Nc2ccc3c4c2cccc4c(=O)n2c4cccc5cccc(nc32)c54)CC1. The van der Waals surface area contributed by atoms with Gasteiger partial charge in [0.2, 0.25) is 0 Å². The summed E-state index contributed by atoms with van der Waals surface area (Å²) in [6, 6.07) is 22.5. The molecule has 2 aromatic heterocycles. The van der Waals surface area contributed by atoms with E-state index in [2.05, 4.69) is 42.2 Å². The molecule has 0 saturated heterocycles. The topological polar surface area (TPSA) is 72.7 Å². The van der Waals surface area contributed by atoms with Crippen molar-refractivity contribution in [2.24, 2.45) is 0 Å². The van der Waals surface area contributed by atoms with Gasteiger partial charge in [-0.05, 0) is 61.4 Å². The summed E-state index contributed by atoms with van der Waals surface area (Å²) < 4.78 is 7.20. The Labute approximate surface area is 212 Å². The zero-order chi connectivity index (χ0) is 25.1. The normalized spacial score (nSPS) is 18.2. The van der Waals surface area contributed by atoms with Crippen LogP contribution in [0.15, 0.2) is 84.2 Å². The summed E-state index contributed by atoms with van der Waals surface area (Å²) in [4.78, 5) is 30.5. The van der Waals surface area contributed by atoms with Crippen molar-refractivity contribution < 1.29 is 9.53 Å². The molecule has 6 heteroatoms. The molecule has 0 radical (unpaired) electrons. The van der Waals surface area contributed by atoms with E-state index in [-0.39, 0.29) is 23.7 Å². The Hall–Kier alpha value is -4.45. The standard InChI is InChI=1S/C31H25N3O3/c1-2-27(35)37-20-14-12-19(13-15-20)32-24-17-16-22-29-21(24)8-5-9-23(29)31(36)34-26-11-4-7-18-6-3-10-25(28(18)26)33-30(22)34/h2-11,16-17,19-20,32H,1,12-15H2. The first kappa shape index (κ1) is 21.8. The summed E-state index contributed by atoms with van der Waals surface area (Å²) in [5.41, 5.74) is 3.39. The molecule has 1 aliphatic carbocycles. The number of anilines is 1. The Morgan fingerprint density at radius 1 is 0.919 bits per heavy atom. The number of fused-ring (bicyclic) bond motifs is 3. The molecular formula is C31H25N3O3. The first-order valence-electron chi connectivity index (χ1n) is 12.7. The van der Waals surface area contributed by atoms with Crippen LogP contribution in [-0.4, -0.2) is 27.5 Å². The highest BCUT2D eigenvalue weighted by Crippen LogP contribution is 2.36. The Balaban J connectivity index is 1.36. The highest BCUT2D eigenvalue weighted by molar-refractivity contribution is 6.19. The zero-order valence-corrected chi connectivity index (χ0v) is 20.2. The highest BCUT2D eigenvalue weighted by Gasteiger charge is 2.24. The van der Waals surface area contributed by atoms with Crippen molar-refractivity contribution in [3.05, 3.63) is 89.7 Å². The first-order valence-corrected chi connectivity index (χ1v) is 12.7.